The number of hydrogen-bond acceptors (Lipinski definition) is 4. The van der Waals surface area contributed by atoms with Crippen LogP contribution in [-0.2, 0) is 14.3 Å². The summed E-state index contributed by atoms with van der Waals surface area (Å²) < 4.78 is 18.0. The normalized spacial score (nSPS) is 14.4. The predicted molar refractivity (Wildman–Crippen MR) is 98.6 cm³/mol. The van der Waals surface area contributed by atoms with Crippen LogP contribution in [0.5, 0.6) is 0 Å². The van der Waals surface area contributed by atoms with Crippen LogP contribution >= 0.6 is 0 Å². The maximum atomic E-state index is 13.0. The molecule has 0 atom stereocenters. The lowest BCUT2D eigenvalue weighted by Crippen LogP contribution is -2.49. The molecule has 6 nitrogen and oxygen atoms in total. The molecular weight excluding hydrogens is 337 g/mol. The zero-order valence-corrected chi connectivity index (χ0v) is 15.6. The zero-order chi connectivity index (χ0) is 18.9. The Bertz CT molecular complexity index is 586. The first-order valence-corrected chi connectivity index (χ1v) is 9.04. The topological polar surface area (TPSA) is 53.1 Å². The number of carbonyl (C=O) groups excluding carboxylic acids is 2. The first-order valence-electron chi connectivity index (χ1n) is 9.04. The lowest BCUT2D eigenvalue weighted by atomic mass is 10.2. The number of nitrogens with zero attached hydrogens (tertiary/aromatic N) is 3. The molecule has 0 aliphatic carbocycles. The third-order valence-corrected chi connectivity index (χ3v) is 4.64. The van der Waals surface area contributed by atoms with Crippen molar-refractivity contribution < 1.29 is 18.7 Å². The number of piperazine rings is 1. The van der Waals surface area contributed by atoms with Gasteiger partial charge < -0.3 is 19.4 Å². The second kappa shape index (κ2) is 10.1. The van der Waals surface area contributed by atoms with Gasteiger partial charge >= 0.3 is 0 Å². The molecule has 0 N–H and O–H groups in total. The molecule has 0 unspecified atom stereocenters. The molecule has 1 saturated heterocycles. The molecule has 0 spiro atoms. The quantitative estimate of drug-likeness (QED) is 0.659. The van der Waals surface area contributed by atoms with Gasteiger partial charge in [-0.3, -0.25) is 9.59 Å². The standard InChI is InChI=1S/C19H28FN3O3/c1-16(24)21(9-3-15-26-2)10-8-19(25)23-13-11-22(12-14-23)18-6-4-17(20)5-7-18/h4-7H,3,8-15H2,1-2H3. The lowest BCUT2D eigenvalue weighted by Gasteiger charge is -2.36. The number of methoxy groups -OCH3 is 1. The molecule has 0 radical (unpaired) electrons. The second-order valence-corrected chi connectivity index (χ2v) is 6.45. The van der Waals surface area contributed by atoms with Crippen molar-refractivity contribution in [2.45, 2.75) is 19.8 Å². The van der Waals surface area contributed by atoms with Crippen molar-refractivity contribution in [1.29, 1.82) is 0 Å². The number of anilines is 1. The largest absolute Gasteiger partial charge is 0.385 e. The number of carbonyl (C=O) groups is 2. The van der Waals surface area contributed by atoms with Crippen LogP contribution in [0.4, 0.5) is 10.1 Å². The Kier molecular flexibility index (Phi) is 7.84. The molecule has 1 aliphatic rings. The van der Waals surface area contributed by atoms with E-state index >= 15 is 0 Å². The van der Waals surface area contributed by atoms with E-state index in [0.29, 0.717) is 39.2 Å². The second-order valence-electron chi connectivity index (χ2n) is 6.45. The summed E-state index contributed by atoms with van der Waals surface area (Å²) in [6.45, 7) is 5.90. The van der Waals surface area contributed by atoms with Gasteiger partial charge in [0.15, 0.2) is 0 Å². The Labute approximate surface area is 154 Å². The average Bonchev–Trinajstić information content (AvgIpc) is 2.65. The number of amides is 2. The van der Waals surface area contributed by atoms with Gasteiger partial charge in [0.25, 0.3) is 0 Å². The van der Waals surface area contributed by atoms with Gasteiger partial charge in [0, 0.05) is 72.0 Å². The molecule has 0 aromatic heterocycles. The molecule has 2 amide bonds. The van der Waals surface area contributed by atoms with Crippen molar-refractivity contribution in [3.05, 3.63) is 30.1 Å². The van der Waals surface area contributed by atoms with Crippen molar-refractivity contribution >= 4 is 17.5 Å². The van der Waals surface area contributed by atoms with Gasteiger partial charge in [-0.1, -0.05) is 0 Å². The maximum absolute atomic E-state index is 13.0. The molecule has 1 aliphatic heterocycles. The smallest absolute Gasteiger partial charge is 0.224 e. The van der Waals surface area contributed by atoms with E-state index in [4.69, 9.17) is 4.74 Å². The predicted octanol–water partition coefficient (Wildman–Crippen LogP) is 1.75. The molecule has 1 aromatic carbocycles. The van der Waals surface area contributed by atoms with E-state index in [1.165, 1.54) is 19.1 Å². The van der Waals surface area contributed by atoms with Crippen molar-refractivity contribution in [2.24, 2.45) is 0 Å². The first-order chi connectivity index (χ1) is 12.5. The van der Waals surface area contributed by atoms with Gasteiger partial charge in [-0.2, -0.15) is 0 Å². The number of ether oxygens (including phenoxy) is 1. The molecule has 1 heterocycles. The van der Waals surface area contributed by atoms with Gasteiger partial charge in [-0.25, -0.2) is 4.39 Å². The first kappa shape index (κ1) is 20.2. The van der Waals surface area contributed by atoms with Gasteiger partial charge in [0.05, 0.1) is 0 Å². The van der Waals surface area contributed by atoms with Crippen LogP contribution in [0.3, 0.4) is 0 Å². The van der Waals surface area contributed by atoms with Crippen molar-refractivity contribution in [3.8, 4) is 0 Å². The number of benzene rings is 1. The monoisotopic (exact) mass is 365 g/mol. The Morgan fingerprint density at radius 3 is 2.35 bits per heavy atom. The minimum Gasteiger partial charge on any atom is -0.385 e. The maximum Gasteiger partial charge on any atom is 0.224 e. The summed E-state index contributed by atoms with van der Waals surface area (Å²) >= 11 is 0. The summed E-state index contributed by atoms with van der Waals surface area (Å²) in [5.41, 5.74) is 0.972. The lowest BCUT2D eigenvalue weighted by molar-refractivity contribution is -0.133. The third kappa shape index (κ3) is 5.98. The number of rotatable bonds is 8. The Morgan fingerprint density at radius 1 is 1.12 bits per heavy atom. The summed E-state index contributed by atoms with van der Waals surface area (Å²) in [4.78, 5) is 29.8. The fraction of sp³-hybridized carbons (Fsp3) is 0.579. The van der Waals surface area contributed by atoms with Crippen LogP contribution in [-0.4, -0.2) is 74.6 Å². The minimum atomic E-state index is -0.247. The Morgan fingerprint density at radius 2 is 1.77 bits per heavy atom. The van der Waals surface area contributed by atoms with E-state index in [1.54, 1.807) is 24.1 Å². The molecule has 1 fully saturated rings. The van der Waals surface area contributed by atoms with E-state index in [-0.39, 0.29) is 17.6 Å². The van der Waals surface area contributed by atoms with Crippen LogP contribution in [0.2, 0.25) is 0 Å². The zero-order valence-electron chi connectivity index (χ0n) is 15.6. The van der Waals surface area contributed by atoms with E-state index in [1.807, 2.05) is 4.90 Å². The van der Waals surface area contributed by atoms with E-state index < -0.39 is 0 Å². The fourth-order valence-electron chi connectivity index (χ4n) is 3.08. The average molecular weight is 365 g/mol. The van der Waals surface area contributed by atoms with E-state index in [9.17, 15) is 14.0 Å². The minimum absolute atomic E-state index is 0.0185. The van der Waals surface area contributed by atoms with Crippen molar-refractivity contribution in [1.82, 2.24) is 9.80 Å². The number of hydrogen-bond donors (Lipinski definition) is 0. The molecule has 2 rings (SSSR count). The summed E-state index contributed by atoms with van der Waals surface area (Å²) in [6.07, 6.45) is 1.10. The van der Waals surface area contributed by atoms with Crippen LogP contribution < -0.4 is 4.90 Å². The summed E-state index contributed by atoms with van der Waals surface area (Å²) in [5, 5.41) is 0. The van der Waals surface area contributed by atoms with E-state index in [0.717, 1.165) is 25.2 Å². The van der Waals surface area contributed by atoms with Crippen molar-refractivity contribution in [3.63, 3.8) is 0 Å². The highest BCUT2D eigenvalue weighted by atomic mass is 19.1. The Hall–Kier alpha value is -2.15. The molecule has 0 saturated carbocycles. The SMILES string of the molecule is COCCCN(CCC(=O)N1CCN(c2ccc(F)cc2)CC1)C(C)=O. The van der Waals surface area contributed by atoms with E-state index in [2.05, 4.69) is 4.90 Å². The van der Waals surface area contributed by atoms with Crippen LogP contribution in [0.25, 0.3) is 0 Å². The molecule has 144 valence electrons. The number of halogens is 1. The summed E-state index contributed by atoms with van der Waals surface area (Å²) in [7, 11) is 1.63. The van der Waals surface area contributed by atoms with Crippen molar-refractivity contribution in [2.75, 3.05) is 57.9 Å². The van der Waals surface area contributed by atoms with Crippen LogP contribution in [0, 0.1) is 5.82 Å². The highest BCUT2D eigenvalue weighted by Crippen LogP contribution is 2.17. The Balaban J connectivity index is 1.76. The van der Waals surface area contributed by atoms with Gasteiger partial charge in [0.1, 0.15) is 5.82 Å². The highest BCUT2D eigenvalue weighted by Gasteiger charge is 2.22. The van der Waals surface area contributed by atoms with Crippen LogP contribution in [0.1, 0.15) is 19.8 Å². The molecule has 7 heteroatoms. The van der Waals surface area contributed by atoms with Gasteiger partial charge in [0.2, 0.25) is 11.8 Å². The molecule has 0 bridgehead atoms. The fourth-order valence-corrected chi connectivity index (χ4v) is 3.08. The molecular formula is C19H28FN3O3. The van der Waals surface area contributed by atoms with Crippen LogP contribution in [0.15, 0.2) is 24.3 Å². The van der Waals surface area contributed by atoms with Gasteiger partial charge in [-0.15, -0.1) is 0 Å². The molecule has 26 heavy (non-hydrogen) atoms. The third-order valence-electron chi connectivity index (χ3n) is 4.64. The highest BCUT2D eigenvalue weighted by molar-refractivity contribution is 5.78. The summed E-state index contributed by atoms with van der Waals surface area (Å²) in [6, 6.07) is 6.43. The van der Waals surface area contributed by atoms with Gasteiger partial charge in [-0.05, 0) is 30.7 Å². The molecule has 1 aromatic rings. The summed E-state index contributed by atoms with van der Waals surface area (Å²) in [5.74, 6) is -0.195.